The number of fused-ring (bicyclic) bond motifs is 1. The van der Waals surface area contributed by atoms with E-state index in [0.29, 0.717) is 11.5 Å². The van der Waals surface area contributed by atoms with Crippen LogP contribution in [0.4, 0.5) is 19.0 Å². The summed E-state index contributed by atoms with van der Waals surface area (Å²) in [6.07, 6.45) is -1.66. The summed E-state index contributed by atoms with van der Waals surface area (Å²) in [5.74, 6) is -0.170. The number of carbonyl (C=O) groups excluding carboxylic acids is 1. The van der Waals surface area contributed by atoms with E-state index in [1.54, 1.807) is 22.9 Å². The van der Waals surface area contributed by atoms with E-state index in [4.69, 9.17) is 0 Å². The number of aromatic nitrogens is 5. The van der Waals surface area contributed by atoms with Gasteiger partial charge in [0.15, 0.2) is 0 Å². The fourth-order valence-corrected chi connectivity index (χ4v) is 3.12. The number of hydrogen-bond acceptors (Lipinski definition) is 6. The standard InChI is InChI=1S/C20H18F3N7O2/c1-29-16(13(9-25-29)17(31)24-11-20(21,22)23)18(32)27-15-7-8-30-10-14(26-19(30)28-15)12-5-3-2-4-6-12/h2-10,17,24,31H,11H2,1H3,(H,26,27,28,32). The fraction of sp³-hybridized carbons (Fsp3) is 0.200. The summed E-state index contributed by atoms with van der Waals surface area (Å²) in [6.45, 7) is -1.42. The lowest BCUT2D eigenvalue weighted by molar-refractivity contribution is -0.131. The fourth-order valence-electron chi connectivity index (χ4n) is 3.12. The molecule has 3 N–H and O–H groups in total. The van der Waals surface area contributed by atoms with Gasteiger partial charge < -0.3 is 10.4 Å². The number of imidazole rings is 1. The number of amides is 1. The van der Waals surface area contributed by atoms with Crippen molar-refractivity contribution in [2.75, 3.05) is 11.9 Å². The van der Waals surface area contributed by atoms with Gasteiger partial charge >= 0.3 is 6.18 Å². The van der Waals surface area contributed by atoms with Crippen LogP contribution in [-0.4, -0.2) is 47.9 Å². The van der Waals surface area contributed by atoms with E-state index in [-0.39, 0.29) is 17.1 Å². The molecule has 0 spiro atoms. The molecule has 0 aliphatic carbocycles. The Balaban J connectivity index is 1.55. The minimum atomic E-state index is -4.52. The van der Waals surface area contributed by atoms with Crippen molar-refractivity contribution in [1.29, 1.82) is 0 Å². The number of nitrogens with one attached hydrogen (secondary N) is 2. The molecule has 0 aliphatic rings. The Kier molecular flexibility index (Phi) is 5.63. The van der Waals surface area contributed by atoms with Gasteiger partial charge in [0, 0.05) is 30.6 Å². The molecule has 1 amide bonds. The molecular weight excluding hydrogens is 427 g/mol. The molecule has 4 rings (SSSR count). The van der Waals surface area contributed by atoms with E-state index in [2.05, 4.69) is 20.4 Å². The lowest BCUT2D eigenvalue weighted by Gasteiger charge is -2.15. The van der Waals surface area contributed by atoms with Crippen molar-refractivity contribution in [3.05, 3.63) is 66.2 Å². The molecule has 166 valence electrons. The van der Waals surface area contributed by atoms with Crippen LogP contribution in [0.1, 0.15) is 22.3 Å². The van der Waals surface area contributed by atoms with Crippen molar-refractivity contribution in [3.63, 3.8) is 0 Å². The highest BCUT2D eigenvalue weighted by atomic mass is 19.4. The molecule has 0 aliphatic heterocycles. The summed E-state index contributed by atoms with van der Waals surface area (Å²) in [7, 11) is 1.44. The Morgan fingerprint density at radius 3 is 2.66 bits per heavy atom. The van der Waals surface area contributed by atoms with Gasteiger partial charge in [-0.3, -0.25) is 19.2 Å². The van der Waals surface area contributed by atoms with Crippen LogP contribution in [0.2, 0.25) is 0 Å². The van der Waals surface area contributed by atoms with E-state index >= 15 is 0 Å². The molecule has 12 heteroatoms. The second kappa shape index (κ2) is 8.40. The van der Waals surface area contributed by atoms with E-state index in [1.165, 1.54) is 7.05 Å². The number of nitrogens with zero attached hydrogens (tertiary/aromatic N) is 5. The number of anilines is 1. The molecule has 0 bridgehead atoms. The van der Waals surface area contributed by atoms with Gasteiger partial charge in [-0.2, -0.15) is 23.3 Å². The average molecular weight is 445 g/mol. The molecule has 0 saturated carbocycles. The van der Waals surface area contributed by atoms with Gasteiger partial charge in [0.25, 0.3) is 5.91 Å². The number of carbonyl (C=O) groups is 1. The van der Waals surface area contributed by atoms with E-state index < -0.39 is 24.9 Å². The number of alkyl halides is 3. The monoisotopic (exact) mass is 445 g/mol. The maximum absolute atomic E-state index is 12.8. The van der Waals surface area contributed by atoms with Gasteiger partial charge in [0.2, 0.25) is 5.78 Å². The second-order valence-corrected chi connectivity index (χ2v) is 6.94. The van der Waals surface area contributed by atoms with Gasteiger partial charge in [-0.25, -0.2) is 4.98 Å². The summed E-state index contributed by atoms with van der Waals surface area (Å²) in [5.41, 5.74) is 1.41. The second-order valence-electron chi connectivity index (χ2n) is 6.94. The lowest BCUT2D eigenvalue weighted by Crippen LogP contribution is -2.33. The molecule has 1 atom stereocenters. The van der Waals surface area contributed by atoms with Crippen molar-refractivity contribution >= 4 is 17.5 Å². The Morgan fingerprint density at radius 1 is 1.19 bits per heavy atom. The zero-order valence-corrected chi connectivity index (χ0v) is 16.7. The van der Waals surface area contributed by atoms with Crippen LogP contribution in [0.25, 0.3) is 17.0 Å². The first-order valence-electron chi connectivity index (χ1n) is 9.44. The number of rotatable bonds is 6. The third-order valence-electron chi connectivity index (χ3n) is 4.61. The predicted octanol–water partition coefficient (Wildman–Crippen LogP) is 2.52. The molecule has 3 aromatic heterocycles. The van der Waals surface area contributed by atoms with E-state index in [1.807, 2.05) is 35.6 Å². The van der Waals surface area contributed by atoms with Gasteiger partial charge in [0.1, 0.15) is 17.7 Å². The molecule has 1 unspecified atom stereocenters. The van der Waals surface area contributed by atoms with Gasteiger partial charge in [0.05, 0.1) is 18.4 Å². The van der Waals surface area contributed by atoms with Crippen LogP contribution < -0.4 is 10.6 Å². The highest BCUT2D eigenvalue weighted by Crippen LogP contribution is 2.21. The normalized spacial score (nSPS) is 12.8. The van der Waals surface area contributed by atoms with Gasteiger partial charge in [-0.05, 0) is 6.07 Å². The van der Waals surface area contributed by atoms with Gasteiger partial charge in [-0.1, -0.05) is 30.3 Å². The van der Waals surface area contributed by atoms with Gasteiger partial charge in [-0.15, -0.1) is 0 Å². The largest absolute Gasteiger partial charge is 0.401 e. The van der Waals surface area contributed by atoms with Crippen molar-refractivity contribution in [1.82, 2.24) is 29.5 Å². The molecule has 0 saturated heterocycles. The van der Waals surface area contributed by atoms with Crippen molar-refractivity contribution < 1.29 is 23.1 Å². The van der Waals surface area contributed by atoms with Crippen LogP contribution in [0, 0.1) is 0 Å². The quantitative estimate of drug-likeness (QED) is 0.394. The third kappa shape index (κ3) is 4.60. The zero-order valence-electron chi connectivity index (χ0n) is 16.7. The van der Waals surface area contributed by atoms with Crippen LogP contribution in [0.3, 0.4) is 0 Å². The molecule has 32 heavy (non-hydrogen) atoms. The Hall–Kier alpha value is -3.77. The van der Waals surface area contributed by atoms with E-state index in [0.717, 1.165) is 16.4 Å². The van der Waals surface area contributed by atoms with Crippen LogP contribution in [-0.2, 0) is 7.05 Å². The molecule has 3 heterocycles. The third-order valence-corrected chi connectivity index (χ3v) is 4.61. The molecule has 0 radical (unpaired) electrons. The average Bonchev–Trinajstić information content (AvgIpc) is 3.35. The first-order valence-corrected chi connectivity index (χ1v) is 9.44. The Bertz CT molecular complexity index is 1250. The van der Waals surface area contributed by atoms with Crippen LogP contribution >= 0.6 is 0 Å². The Labute approximate surface area is 179 Å². The Morgan fingerprint density at radius 2 is 1.94 bits per heavy atom. The zero-order chi connectivity index (χ0) is 22.9. The molecule has 9 nitrogen and oxygen atoms in total. The summed E-state index contributed by atoms with van der Waals surface area (Å²) in [6, 6.07) is 11.0. The molecular formula is C20H18F3N7O2. The van der Waals surface area contributed by atoms with Crippen molar-refractivity contribution in [2.45, 2.75) is 12.4 Å². The highest BCUT2D eigenvalue weighted by Gasteiger charge is 2.30. The number of aliphatic hydroxyl groups is 1. The SMILES string of the molecule is Cn1ncc(C(O)NCC(F)(F)F)c1C(=O)Nc1ccn2cc(-c3ccccc3)nc2n1. The topological polar surface area (TPSA) is 109 Å². The highest BCUT2D eigenvalue weighted by molar-refractivity contribution is 6.03. The number of hydrogen-bond donors (Lipinski definition) is 3. The maximum atomic E-state index is 12.8. The summed E-state index contributed by atoms with van der Waals surface area (Å²) < 4.78 is 40.1. The van der Waals surface area contributed by atoms with E-state index in [9.17, 15) is 23.1 Å². The summed E-state index contributed by atoms with van der Waals surface area (Å²) in [5, 5.41) is 18.4. The first kappa shape index (κ1) is 21.5. The smallest absolute Gasteiger partial charge is 0.374 e. The number of aliphatic hydroxyl groups excluding tert-OH is 1. The number of benzene rings is 1. The first-order chi connectivity index (χ1) is 15.2. The summed E-state index contributed by atoms with van der Waals surface area (Å²) >= 11 is 0. The lowest BCUT2D eigenvalue weighted by atomic mass is 10.2. The maximum Gasteiger partial charge on any atom is 0.401 e. The predicted molar refractivity (Wildman–Crippen MR) is 109 cm³/mol. The van der Waals surface area contributed by atoms with Crippen molar-refractivity contribution in [3.8, 4) is 11.3 Å². The minimum absolute atomic E-state index is 0.0949. The summed E-state index contributed by atoms with van der Waals surface area (Å²) in [4.78, 5) is 21.5. The number of aryl methyl sites for hydroxylation is 1. The number of halogens is 3. The molecule has 0 fully saturated rings. The minimum Gasteiger partial charge on any atom is -0.374 e. The molecule has 1 aromatic carbocycles. The van der Waals surface area contributed by atoms with Crippen molar-refractivity contribution in [2.24, 2.45) is 7.05 Å². The van der Waals surface area contributed by atoms with Crippen LogP contribution in [0.15, 0.2) is 55.0 Å². The molecule has 4 aromatic rings. The van der Waals surface area contributed by atoms with Crippen LogP contribution in [0.5, 0.6) is 0 Å².